The van der Waals surface area contributed by atoms with Crippen LogP contribution in [0.1, 0.15) is 73.1 Å². The quantitative estimate of drug-likeness (QED) is 0.226. The molecular weight excluding hydrogens is 535 g/mol. The van der Waals surface area contributed by atoms with Gasteiger partial charge in [0.1, 0.15) is 6.04 Å². The minimum Gasteiger partial charge on any atom is -0.385 e. The number of carbonyl (C=O) groups is 3. The molecule has 0 aliphatic carbocycles. The number of benzene rings is 2. The number of hydrogen-bond acceptors (Lipinski definition) is 5. The summed E-state index contributed by atoms with van der Waals surface area (Å²) < 4.78 is 40.3. The fourth-order valence-electron chi connectivity index (χ4n) is 4.00. The van der Waals surface area contributed by atoms with Gasteiger partial charge in [-0.15, -0.1) is 0 Å². The Hall–Kier alpha value is -3.60. The highest BCUT2D eigenvalue weighted by Gasteiger charge is 2.32. The van der Waals surface area contributed by atoms with E-state index >= 15 is 0 Å². The normalized spacial score (nSPS) is 12.4. The number of hydrogen-bond donors (Lipinski definition) is 5. The Labute approximate surface area is 240 Å². The molecular formula is C30H42F3N5O3. The van der Waals surface area contributed by atoms with Crippen molar-refractivity contribution in [3.63, 3.8) is 0 Å². The molecule has 0 aromatic heterocycles. The van der Waals surface area contributed by atoms with E-state index in [1.165, 1.54) is 6.07 Å². The summed E-state index contributed by atoms with van der Waals surface area (Å²) >= 11 is 0. The molecule has 0 fully saturated rings. The predicted molar refractivity (Wildman–Crippen MR) is 155 cm³/mol. The van der Waals surface area contributed by atoms with E-state index in [2.05, 4.69) is 32.7 Å². The summed E-state index contributed by atoms with van der Waals surface area (Å²) in [6, 6.07) is 8.10. The van der Waals surface area contributed by atoms with E-state index in [1.807, 2.05) is 53.7 Å². The van der Waals surface area contributed by atoms with Gasteiger partial charge in [0.25, 0.3) is 5.91 Å². The highest BCUT2D eigenvalue weighted by Crippen LogP contribution is 2.32. The van der Waals surface area contributed by atoms with Gasteiger partial charge in [-0.3, -0.25) is 14.4 Å². The Bertz CT molecular complexity index is 1210. The Balaban J connectivity index is 2.07. The molecule has 5 N–H and O–H groups in total. The van der Waals surface area contributed by atoms with Crippen LogP contribution in [0.4, 0.5) is 18.9 Å². The Morgan fingerprint density at radius 2 is 1.68 bits per heavy atom. The highest BCUT2D eigenvalue weighted by molar-refractivity contribution is 5.98. The molecule has 2 rings (SSSR count). The van der Waals surface area contributed by atoms with Crippen molar-refractivity contribution in [2.75, 3.05) is 25.0 Å². The third kappa shape index (κ3) is 11.8. The largest absolute Gasteiger partial charge is 0.416 e. The van der Waals surface area contributed by atoms with Gasteiger partial charge in [0, 0.05) is 36.4 Å². The van der Waals surface area contributed by atoms with Crippen LogP contribution in [0.2, 0.25) is 0 Å². The second-order valence-electron chi connectivity index (χ2n) is 11.2. The average molecular weight is 578 g/mol. The second-order valence-corrected chi connectivity index (χ2v) is 11.2. The molecule has 8 nitrogen and oxygen atoms in total. The number of unbranched alkanes of at least 4 members (excludes halogenated alkanes) is 1. The number of nitrogens with one attached hydrogen (secondary N) is 5. The van der Waals surface area contributed by atoms with Crippen LogP contribution in [0.15, 0.2) is 36.4 Å². The third-order valence-electron chi connectivity index (χ3n) is 6.10. The van der Waals surface area contributed by atoms with Crippen molar-refractivity contribution in [3.05, 3.63) is 64.2 Å². The molecule has 0 bridgehead atoms. The molecule has 11 heteroatoms. The molecule has 0 aliphatic rings. The lowest BCUT2D eigenvalue weighted by molar-refractivity contribution is -0.137. The summed E-state index contributed by atoms with van der Waals surface area (Å²) in [4.78, 5) is 38.4. The minimum absolute atomic E-state index is 0.120. The van der Waals surface area contributed by atoms with Gasteiger partial charge in [-0.2, -0.15) is 13.2 Å². The first-order valence-corrected chi connectivity index (χ1v) is 13.7. The molecule has 3 amide bonds. The SMILES string of the molecule is CCCCNc1cc(C(=O)NCC(=O)NC(CNCc2ccc(C)cc2C)C(=O)NC(C)(C)C)cc(C(F)(F)F)c1. The monoisotopic (exact) mass is 577 g/mol. The van der Waals surface area contributed by atoms with Gasteiger partial charge in [0.15, 0.2) is 0 Å². The second kappa shape index (κ2) is 14.9. The summed E-state index contributed by atoms with van der Waals surface area (Å²) in [6.07, 6.45) is -3.04. The van der Waals surface area contributed by atoms with E-state index in [0.717, 1.165) is 41.7 Å². The molecule has 0 saturated heterocycles. The summed E-state index contributed by atoms with van der Waals surface area (Å²) in [5.74, 6) is -1.91. The van der Waals surface area contributed by atoms with Crippen molar-refractivity contribution in [1.82, 2.24) is 21.3 Å². The van der Waals surface area contributed by atoms with Gasteiger partial charge in [-0.1, -0.05) is 37.1 Å². The molecule has 0 heterocycles. The van der Waals surface area contributed by atoms with Crippen molar-refractivity contribution in [2.24, 2.45) is 0 Å². The molecule has 41 heavy (non-hydrogen) atoms. The highest BCUT2D eigenvalue weighted by atomic mass is 19.4. The number of aryl methyl sites for hydroxylation is 2. The first-order chi connectivity index (χ1) is 19.1. The van der Waals surface area contributed by atoms with E-state index in [1.54, 1.807) is 0 Å². The van der Waals surface area contributed by atoms with Crippen LogP contribution in [-0.2, 0) is 22.3 Å². The van der Waals surface area contributed by atoms with Gasteiger partial charge >= 0.3 is 6.18 Å². The smallest absolute Gasteiger partial charge is 0.385 e. The van der Waals surface area contributed by atoms with Crippen LogP contribution < -0.4 is 26.6 Å². The van der Waals surface area contributed by atoms with Crippen molar-refractivity contribution in [2.45, 2.75) is 78.7 Å². The standard InChI is InChI=1S/C30H42F3N5O3/c1-7-8-11-35-24-14-22(13-23(15-24)30(31,32)33)27(40)36-18-26(39)37-25(28(41)38-29(4,5)6)17-34-16-21-10-9-19(2)12-20(21)3/h9-10,12-15,25,34-35H,7-8,11,16-18H2,1-6H3,(H,36,40)(H,37,39)(H,38,41). The fourth-order valence-corrected chi connectivity index (χ4v) is 4.00. The molecule has 1 atom stereocenters. The van der Waals surface area contributed by atoms with Crippen LogP contribution in [0.3, 0.4) is 0 Å². The van der Waals surface area contributed by atoms with Crippen LogP contribution in [0.5, 0.6) is 0 Å². The van der Waals surface area contributed by atoms with Gasteiger partial charge in [-0.05, 0) is 70.4 Å². The zero-order valence-electron chi connectivity index (χ0n) is 24.6. The zero-order chi connectivity index (χ0) is 30.8. The molecule has 1 unspecified atom stereocenters. The van der Waals surface area contributed by atoms with Gasteiger partial charge in [0.05, 0.1) is 12.1 Å². The first kappa shape index (κ1) is 33.6. The number of halogens is 3. The van der Waals surface area contributed by atoms with Gasteiger partial charge < -0.3 is 26.6 Å². The van der Waals surface area contributed by atoms with Crippen molar-refractivity contribution in [1.29, 1.82) is 0 Å². The maximum atomic E-state index is 13.4. The van der Waals surface area contributed by atoms with Crippen LogP contribution in [0, 0.1) is 13.8 Å². The van der Waals surface area contributed by atoms with Gasteiger partial charge in [-0.25, -0.2) is 0 Å². The predicted octanol–water partition coefficient (Wildman–Crippen LogP) is 4.45. The number of amides is 3. The van der Waals surface area contributed by atoms with Crippen molar-refractivity contribution >= 4 is 23.4 Å². The summed E-state index contributed by atoms with van der Waals surface area (Å²) in [5, 5.41) is 13.9. The number of rotatable bonds is 13. The lowest BCUT2D eigenvalue weighted by Crippen LogP contribution is -2.56. The average Bonchev–Trinajstić information content (AvgIpc) is 2.86. The molecule has 0 aliphatic heterocycles. The number of carbonyl (C=O) groups excluding carboxylic acids is 3. The minimum atomic E-state index is -4.65. The molecule has 0 spiro atoms. The van der Waals surface area contributed by atoms with E-state index in [-0.39, 0.29) is 17.8 Å². The maximum Gasteiger partial charge on any atom is 0.416 e. The van der Waals surface area contributed by atoms with E-state index in [4.69, 9.17) is 0 Å². The van der Waals surface area contributed by atoms with Gasteiger partial charge in [0.2, 0.25) is 11.8 Å². The van der Waals surface area contributed by atoms with Crippen molar-refractivity contribution in [3.8, 4) is 0 Å². The Kier molecular flexibility index (Phi) is 12.2. The maximum absolute atomic E-state index is 13.4. The number of alkyl halides is 3. The van der Waals surface area contributed by atoms with Crippen LogP contribution in [-0.4, -0.2) is 48.9 Å². The van der Waals surface area contributed by atoms with E-state index in [9.17, 15) is 27.6 Å². The molecule has 2 aromatic rings. The summed E-state index contributed by atoms with van der Waals surface area (Å²) in [6.45, 7) is 11.9. The van der Waals surface area contributed by atoms with Crippen LogP contribution >= 0.6 is 0 Å². The summed E-state index contributed by atoms with van der Waals surface area (Å²) in [5.41, 5.74) is 1.70. The molecule has 0 radical (unpaired) electrons. The third-order valence-corrected chi connectivity index (χ3v) is 6.10. The first-order valence-electron chi connectivity index (χ1n) is 13.7. The fraction of sp³-hybridized carbons (Fsp3) is 0.500. The molecule has 0 saturated carbocycles. The Morgan fingerprint density at radius 3 is 2.29 bits per heavy atom. The molecule has 2 aromatic carbocycles. The summed E-state index contributed by atoms with van der Waals surface area (Å²) in [7, 11) is 0. The molecule has 226 valence electrons. The van der Waals surface area contributed by atoms with Crippen LogP contribution in [0.25, 0.3) is 0 Å². The lowest BCUT2D eigenvalue weighted by Gasteiger charge is -2.26. The Morgan fingerprint density at radius 1 is 0.976 bits per heavy atom. The topological polar surface area (TPSA) is 111 Å². The van der Waals surface area contributed by atoms with E-state index in [0.29, 0.717) is 13.1 Å². The lowest BCUT2D eigenvalue weighted by atomic mass is 10.1. The number of anilines is 1. The zero-order valence-corrected chi connectivity index (χ0v) is 24.6. The van der Waals surface area contributed by atoms with E-state index < -0.39 is 47.6 Å². The van der Waals surface area contributed by atoms with Crippen molar-refractivity contribution < 1.29 is 27.6 Å².